The van der Waals surface area contributed by atoms with E-state index in [1.165, 1.54) is 29.5 Å². The number of allylic oxidation sites excluding steroid dienone is 2. The van der Waals surface area contributed by atoms with Gasteiger partial charge in [-0.3, -0.25) is 4.79 Å². The van der Waals surface area contributed by atoms with E-state index in [1.807, 2.05) is 0 Å². The zero-order valence-corrected chi connectivity index (χ0v) is 17.4. The molecule has 0 saturated heterocycles. The molecule has 0 aromatic heterocycles. The number of fused-ring (bicyclic) bond motifs is 4. The van der Waals surface area contributed by atoms with Gasteiger partial charge in [0.15, 0.2) is 0 Å². The van der Waals surface area contributed by atoms with Gasteiger partial charge in [-0.1, -0.05) is 49.3 Å². The summed E-state index contributed by atoms with van der Waals surface area (Å²) in [6.07, 6.45) is 8.95. The third kappa shape index (κ3) is 2.75. The number of benzene rings is 1. The Hall–Kier alpha value is -1.41. The number of Topliss-reactive ketones (excluding diaryl/α,β-unsaturated/α-hetero) is 1. The molecule has 2 nitrogen and oxygen atoms in total. The van der Waals surface area contributed by atoms with Crippen molar-refractivity contribution in [3.63, 3.8) is 0 Å². The van der Waals surface area contributed by atoms with E-state index in [0.717, 1.165) is 38.5 Å². The fraction of sp³-hybridized carbons (Fsp3) is 0.654. The number of aryl methyl sites for hydroxylation is 1. The predicted molar refractivity (Wildman–Crippen MR) is 112 cm³/mol. The van der Waals surface area contributed by atoms with E-state index in [0.29, 0.717) is 35.9 Å². The Labute approximate surface area is 169 Å². The molecule has 0 bridgehead atoms. The number of ketones is 1. The molecule has 0 spiro atoms. The predicted octanol–water partition coefficient (Wildman–Crippen LogP) is 5.59. The van der Waals surface area contributed by atoms with Crippen LogP contribution in [0.15, 0.2) is 35.4 Å². The Morgan fingerprint density at radius 1 is 1.07 bits per heavy atom. The summed E-state index contributed by atoms with van der Waals surface area (Å²) in [6.45, 7) is 4.58. The van der Waals surface area contributed by atoms with Crippen molar-refractivity contribution >= 4 is 5.78 Å². The van der Waals surface area contributed by atoms with Gasteiger partial charge in [0.25, 0.3) is 0 Å². The van der Waals surface area contributed by atoms with Crippen molar-refractivity contribution in [2.75, 3.05) is 0 Å². The van der Waals surface area contributed by atoms with Crippen LogP contribution in [0, 0.1) is 23.2 Å². The highest BCUT2D eigenvalue weighted by atomic mass is 16.3. The zero-order chi connectivity index (χ0) is 19.5. The minimum absolute atomic E-state index is 0.0534. The summed E-state index contributed by atoms with van der Waals surface area (Å²) in [4.78, 5) is 12.1. The molecule has 0 amide bonds. The Balaban J connectivity index is 1.59. The van der Waals surface area contributed by atoms with E-state index in [9.17, 15) is 9.90 Å². The van der Waals surface area contributed by atoms with E-state index < -0.39 is 0 Å². The molecule has 6 atom stereocenters. The molecule has 2 heteroatoms. The van der Waals surface area contributed by atoms with Crippen LogP contribution in [0.2, 0.25) is 0 Å². The van der Waals surface area contributed by atoms with Crippen molar-refractivity contribution in [3.05, 3.63) is 46.5 Å². The molecule has 4 aliphatic carbocycles. The summed E-state index contributed by atoms with van der Waals surface area (Å²) < 4.78 is 0. The Morgan fingerprint density at radius 2 is 1.86 bits per heavy atom. The van der Waals surface area contributed by atoms with Crippen molar-refractivity contribution in [1.29, 1.82) is 0 Å². The zero-order valence-electron chi connectivity index (χ0n) is 17.4. The Kier molecular flexibility index (Phi) is 4.54. The number of carbonyl (C=O) groups excluding carboxylic acids is 1. The maximum atomic E-state index is 12.1. The van der Waals surface area contributed by atoms with Crippen LogP contribution in [0.5, 0.6) is 0 Å². The molecular formula is C26H34O2. The number of hydrogen-bond acceptors (Lipinski definition) is 2. The van der Waals surface area contributed by atoms with Crippen molar-refractivity contribution in [3.8, 4) is 0 Å². The van der Waals surface area contributed by atoms with Crippen LogP contribution < -0.4 is 0 Å². The van der Waals surface area contributed by atoms with Gasteiger partial charge in [0, 0.05) is 12.8 Å². The molecule has 2 fully saturated rings. The molecule has 2 saturated carbocycles. The van der Waals surface area contributed by atoms with Crippen molar-refractivity contribution in [1.82, 2.24) is 0 Å². The van der Waals surface area contributed by atoms with Crippen LogP contribution in [0.1, 0.15) is 82.3 Å². The minimum atomic E-state index is -0.154. The highest BCUT2D eigenvalue weighted by Gasteiger charge is 2.58. The molecule has 5 rings (SSSR count). The smallest absolute Gasteiger partial charge is 0.137 e. The number of hydrogen-bond donors (Lipinski definition) is 1. The molecule has 1 aromatic rings. The van der Waals surface area contributed by atoms with Gasteiger partial charge in [0.2, 0.25) is 0 Å². The van der Waals surface area contributed by atoms with Crippen molar-refractivity contribution < 1.29 is 9.90 Å². The van der Waals surface area contributed by atoms with Crippen molar-refractivity contribution in [2.45, 2.75) is 83.7 Å². The first-order chi connectivity index (χ1) is 13.5. The molecule has 150 valence electrons. The summed E-state index contributed by atoms with van der Waals surface area (Å²) in [5, 5.41) is 10.9. The molecule has 4 aliphatic rings. The first-order valence-corrected chi connectivity index (χ1v) is 11.5. The lowest BCUT2D eigenvalue weighted by Crippen LogP contribution is -2.48. The van der Waals surface area contributed by atoms with E-state index in [4.69, 9.17) is 0 Å². The van der Waals surface area contributed by atoms with Gasteiger partial charge >= 0.3 is 0 Å². The fourth-order valence-electron chi connectivity index (χ4n) is 7.47. The van der Waals surface area contributed by atoms with Gasteiger partial charge in [-0.15, -0.1) is 0 Å². The highest BCUT2D eigenvalue weighted by Crippen LogP contribution is 2.64. The normalized spacial score (nSPS) is 40.1. The maximum absolute atomic E-state index is 12.1. The Morgan fingerprint density at radius 3 is 2.61 bits per heavy atom. The van der Waals surface area contributed by atoms with Gasteiger partial charge in [-0.25, -0.2) is 0 Å². The molecule has 0 heterocycles. The summed E-state index contributed by atoms with van der Waals surface area (Å²) in [6, 6.07) is 9.31. The van der Waals surface area contributed by atoms with E-state index >= 15 is 0 Å². The van der Waals surface area contributed by atoms with E-state index in [-0.39, 0.29) is 11.5 Å². The quantitative estimate of drug-likeness (QED) is 0.681. The van der Waals surface area contributed by atoms with Gasteiger partial charge in [0.05, 0.1) is 6.10 Å². The van der Waals surface area contributed by atoms with Gasteiger partial charge in [-0.05, 0) is 85.2 Å². The second kappa shape index (κ2) is 6.83. The van der Waals surface area contributed by atoms with Crippen LogP contribution >= 0.6 is 0 Å². The van der Waals surface area contributed by atoms with Gasteiger partial charge in [-0.2, -0.15) is 0 Å². The summed E-state index contributed by atoms with van der Waals surface area (Å²) in [5.41, 5.74) is 6.03. The van der Waals surface area contributed by atoms with Crippen LogP contribution in [0.4, 0.5) is 0 Å². The highest BCUT2D eigenvalue weighted by molar-refractivity contribution is 5.82. The Bertz CT molecular complexity index is 804. The SMILES string of the molecule is CCc1ccc([C@H]2C[C@]3(C)[C@@H](O)CC[C@H]3[C@@H]3CCC4=C(CCC(=O)C4)[C@H]32)cc1. The minimum Gasteiger partial charge on any atom is -0.393 e. The van der Waals surface area contributed by atoms with E-state index in [2.05, 4.69) is 38.1 Å². The van der Waals surface area contributed by atoms with Crippen LogP contribution in [-0.2, 0) is 11.2 Å². The molecular weight excluding hydrogens is 344 g/mol. The first kappa shape index (κ1) is 18.6. The lowest BCUT2D eigenvalue weighted by Gasteiger charge is -2.55. The van der Waals surface area contributed by atoms with Crippen LogP contribution in [0.25, 0.3) is 0 Å². The second-order valence-corrected chi connectivity index (χ2v) is 10.2. The molecule has 0 aliphatic heterocycles. The van der Waals surface area contributed by atoms with Crippen LogP contribution in [0.3, 0.4) is 0 Å². The molecule has 1 aromatic carbocycles. The number of rotatable bonds is 2. The molecule has 0 unspecified atom stereocenters. The van der Waals surface area contributed by atoms with E-state index in [1.54, 1.807) is 5.57 Å². The number of aliphatic hydroxyl groups excluding tert-OH is 1. The largest absolute Gasteiger partial charge is 0.393 e. The van der Waals surface area contributed by atoms with Crippen molar-refractivity contribution in [2.24, 2.45) is 23.2 Å². The monoisotopic (exact) mass is 378 g/mol. The summed E-state index contributed by atoms with van der Waals surface area (Å²) >= 11 is 0. The maximum Gasteiger partial charge on any atom is 0.137 e. The third-order valence-corrected chi connectivity index (χ3v) is 8.97. The second-order valence-electron chi connectivity index (χ2n) is 10.2. The van der Waals surface area contributed by atoms with Gasteiger partial charge < -0.3 is 5.11 Å². The average molecular weight is 379 g/mol. The molecule has 1 N–H and O–H groups in total. The lowest BCUT2D eigenvalue weighted by molar-refractivity contribution is -0.119. The molecule has 28 heavy (non-hydrogen) atoms. The lowest BCUT2D eigenvalue weighted by atomic mass is 9.50. The number of carbonyl (C=O) groups is 1. The number of aliphatic hydroxyl groups is 1. The summed E-state index contributed by atoms with van der Waals surface area (Å²) in [5.74, 6) is 2.85. The van der Waals surface area contributed by atoms with Crippen LogP contribution in [-0.4, -0.2) is 17.0 Å². The summed E-state index contributed by atoms with van der Waals surface area (Å²) in [7, 11) is 0. The van der Waals surface area contributed by atoms with Gasteiger partial charge in [0.1, 0.15) is 5.78 Å². The first-order valence-electron chi connectivity index (χ1n) is 11.5. The topological polar surface area (TPSA) is 37.3 Å². The fourth-order valence-corrected chi connectivity index (χ4v) is 7.47. The molecule has 0 radical (unpaired) electrons. The average Bonchev–Trinajstić information content (AvgIpc) is 3.01. The third-order valence-electron chi connectivity index (χ3n) is 8.97. The standard InChI is InChI=1S/C26H34O2/c1-3-16-4-6-17(7-5-16)22-15-26(2)23(12-13-24(26)28)21-10-8-18-14-19(27)9-11-20(18)25(21)22/h4-7,21-25,28H,3,8-15H2,1-2H3/t21-,22+,23-,24-,25+,26-/m0/s1.